The second-order valence-electron chi connectivity index (χ2n) is 6.59. The number of pyridine rings is 1. The number of hydrogen-bond acceptors (Lipinski definition) is 5. The van der Waals surface area contributed by atoms with Crippen LogP contribution in [0.1, 0.15) is 45.4 Å². The van der Waals surface area contributed by atoms with Gasteiger partial charge in [-0.15, -0.1) is 11.3 Å². The number of aromatic nitrogens is 2. The summed E-state index contributed by atoms with van der Waals surface area (Å²) in [6.07, 6.45) is 5.86. The summed E-state index contributed by atoms with van der Waals surface area (Å²) in [5.74, 6) is 0.0934. The Morgan fingerprint density at radius 3 is 2.81 bits per heavy atom. The third kappa shape index (κ3) is 2.57. The Morgan fingerprint density at radius 2 is 2.12 bits per heavy atom. The zero-order chi connectivity index (χ0) is 18.4. The van der Waals surface area contributed by atoms with Gasteiger partial charge in [0.2, 0.25) is 5.91 Å². The maximum absolute atomic E-state index is 11.7. The molecule has 0 spiro atoms. The van der Waals surface area contributed by atoms with Gasteiger partial charge in [0.15, 0.2) is 5.76 Å². The van der Waals surface area contributed by atoms with Crippen molar-refractivity contribution in [2.75, 3.05) is 0 Å². The highest BCUT2D eigenvalue weighted by Crippen LogP contribution is 2.49. The van der Waals surface area contributed by atoms with E-state index in [1.807, 2.05) is 25.3 Å². The zero-order valence-corrected chi connectivity index (χ0v) is 15.7. The molecule has 132 valence electrons. The number of amides is 1. The largest absolute Gasteiger partial charge is 0.370 e. The Bertz CT molecular complexity index is 1030. The summed E-state index contributed by atoms with van der Waals surface area (Å²) in [7, 11) is 0. The van der Waals surface area contributed by atoms with Gasteiger partial charge in [-0.3, -0.25) is 9.78 Å². The molecule has 0 fully saturated rings. The molecule has 0 aliphatic heterocycles. The van der Waals surface area contributed by atoms with Crippen LogP contribution in [0.4, 0.5) is 0 Å². The average molecular weight is 365 g/mol. The number of aryl methyl sites for hydroxylation is 2. The summed E-state index contributed by atoms with van der Waals surface area (Å²) >= 11 is 1.73. The van der Waals surface area contributed by atoms with Crippen molar-refractivity contribution in [3.63, 3.8) is 0 Å². The van der Waals surface area contributed by atoms with E-state index in [2.05, 4.69) is 30.1 Å². The number of primary amides is 1. The summed E-state index contributed by atoms with van der Waals surface area (Å²) in [5.41, 5.74) is 11.8. The number of carbonyl (C=O) groups excluding carboxylic acids is 1. The monoisotopic (exact) mass is 365 g/mol. The highest BCUT2D eigenvalue weighted by Gasteiger charge is 2.32. The molecule has 0 saturated heterocycles. The van der Waals surface area contributed by atoms with Gasteiger partial charge in [0.05, 0.1) is 11.3 Å². The number of nitrogens with zero attached hydrogens (tertiary/aromatic N) is 2. The first-order valence-electron chi connectivity index (χ1n) is 8.44. The molecule has 3 aromatic rings. The molecule has 6 heteroatoms. The molecule has 2 N–H and O–H groups in total. The first kappa shape index (κ1) is 16.7. The predicted octanol–water partition coefficient (Wildman–Crippen LogP) is 4.13. The second kappa shape index (κ2) is 6.21. The number of hydrogen-bond donors (Lipinski definition) is 1. The van der Waals surface area contributed by atoms with Gasteiger partial charge in [0, 0.05) is 45.6 Å². The van der Waals surface area contributed by atoms with Gasteiger partial charge < -0.3 is 10.3 Å². The minimum atomic E-state index is -0.366. The Balaban J connectivity index is 2.05. The van der Waals surface area contributed by atoms with Gasteiger partial charge in [-0.1, -0.05) is 17.3 Å². The number of thiophene rings is 1. The van der Waals surface area contributed by atoms with Crippen LogP contribution < -0.4 is 5.73 Å². The van der Waals surface area contributed by atoms with E-state index in [1.165, 1.54) is 16.0 Å². The number of fused-ring (bicyclic) bond motifs is 3. The molecule has 0 bridgehead atoms. The van der Waals surface area contributed by atoms with E-state index in [0.29, 0.717) is 5.76 Å². The highest BCUT2D eigenvalue weighted by atomic mass is 32.1. The summed E-state index contributed by atoms with van der Waals surface area (Å²) in [6.45, 7) is 6.19. The standard InChI is InChI=1S/C20H19N3O2S/c1-10-12(3)26-20-17(10)15(13-5-4-6-22-9-13)7-14(8-16(21)24)19-18(20)11(2)23-25-19/h4-7,9,14H,8H2,1-3H3,(H2,21,24)/t14-/m0/s1. The van der Waals surface area contributed by atoms with E-state index in [1.54, 1.807) is 17.5 Å². The second-order valence-corrected chi connectivity index (χ2v) is 7.82. The fourth-order valence-electron chi connectivity index (χ4n) is 3.54. The molecule has 3 aromatic heterocycles. The van der Waals surface area contributed by atoms with Gasteiger partial charge >= 0.3 is 0 Å². The van der Waals surface area contributed by atoms with E-state index in [9.17, 15) is 4.79 Å². The van der Waals surface area contributed by atoms with Crippen LogP contribution in [0.2, 0.25) is 0 Å². The van der Waals surface area contributed by atoms with Gasteiger partial charge in [0.1, 0.15) is 0 Å². The lowest BCUT2D eigenvalue weighted by Gasteiger charge is -2.11. The van der Waals surface area contributed by atoms with Gasteiger partial charge in [-0.05, 0) is 38.0 Å². The lowest BCUT2D eigenvalue weighted by atomic mass is 9.93. The van der Waals surface area contributed by atoms with E-state index >= 15 is 0 Å². The van der Waals surface area contributed by atoms with Crippen molar-refractivity contribution in [3.8, 4) is 10.4 Å². The molecule has 1 atom stereocenters. The van der Waals surface area contributed by atoms with E-state index < -0.39 is 0 Å². The minimum Gasteiger partial charge on any atom is -0.370 e. The maximum Gasteiger partial charge on any atom is 0.218 e. The highest BCUT2D eigenvalue weighted by molar-refractivity contribution is 7.16. The first-order valence-corrected chi connectivity index (χ1v) is 9.26. The third-order valence-electron chi connectivity index (χ3n) is 4.87. The van der Waals surface area contributed by atoms with Crippen LogP contribution >= 0.6 is 11.3 Å². The molecule has 1 aliphatic carbocycles. The first-order chi connectivity index (χ1) is 12.5. The molecule has 26 heavy (non-hydrogen) atoms. The maximum atomic E-state index is 11.7. The fraction of sp³-hybridized carbons (Fsp3) is 0.250. The van der Waals surface area contributed by atoms with Crippen LogP contribution in [0.3, 0.4) is 0 Å². The van der Waals surface area contributed by atoms with Gasteiger partial charge in [-0.25, -0.2) is 0 Å². The van der Waals surface area contributed by atoms with Crippen molar-refractivity contribution in [1.82, 2.24) is 10.1 Å². The number of nitrogens with two attached hydrogens (primary N) is 1. The van der Waals surface area contributed by atoms with Crippen LogP contribution in [-0.4, -0.2) is 16.0 Å². The van der Waals surface area contributed by atoms with E-state index in [-0.39, 0.29) is 18.2 Å². The van der Waals surface area contributed by atoms with Crippen LogP contribution in [0.25, 0.3) is 16.0 Å². The quantitative estimate of drug-likeness (QED) is 0.757. The van der Waals surface area contributed by atoms with Crippen LogP contribution in [0.15, 0.2) is 35.1 Å². The predicted molar refractivity (Wildman–Crippen MR) is 102 cm³/mol. The molecule has 0 unspecified atom stereocenters. The van der Waals surface area contributed by atoms with Crippen LogP contribution in [-0.2, 0) is 4.79 Å². The van der Waals surface area contributed by atoms with Crippen LogP contribution in [0.5, 0.6) is 0 Å². The van der Waals surface area contributed by atoms with Crippen LogP contribution in [0, 0.1) is 20.8 Å². The molecule has 4 rings (SSSR count). The van der Waals surface area contributed by atoms with Gasteiger partial charge in [-0.2, -0.15) is 0 Å². The Kier molecular flexibility index (Phi) is 4.00. The minimum absolute atomic E-state index is 0.179. The summed E-state index contributed by atoms with van der Waals surface area (Å²) in [4.78, 5) is 18.4. The summed E-state index contributed by atoms with van der Waals surface area (Å²) in [6, 6.07) is 3.96. The van der Waals surface area contributed by atoms with Crippen molar-refractivity contribution >= 4 is 22.8 Å². The molecule has 5 nitrogen and oxygen atoms in total. The number of rotatable bonds is 3. The summed E-state index contributed by atoms with van der Waals surface area (Å²) < 4.78 is 5.66. The van der Waals surface area contributed by atoms with E-state index in [0.717, 1.165) is 27.3 Å². The summed E-state index contributed by atoms with van der Waals surface area (Å²) in [5, 5.41) is 4.17. The Morgan fingerprint density at radius 1 is 1.31 bits per heavy atom. The number of allylic oxidation sites excluding steroid dienone is 1. The van der Waals surface area contributed by atoms with Crippen molar-refractivity contribution in [1.29, 1.82) is 0 Å². The average Bonchev–Trinajstić information content (AvgIpc) is 3.08. The zero-order valence-electron chi connectivity index (χ0n) is 14.9. The SMILES string of the molecule is Cc1noc2c1-c1sc(C)c(C)c1C(c1cccnc1)=C[C@H]2CC(N)=O. The lowest BCUT2D eigenvalue weighted by Crippen LogP contribution is -2.14. The molecule has 1 aliphatic rings. The Hall–Kier alpha value is -2.73. The molecule has 0 saturated carbocycles. The fourth-order valence-corrected chi connectivity index (χ4v) is 4.81. The molecule has 0 aromatic carbocycles. The molecular weight excluding hydrogens is 346 g/mol. The molecule has 1 amide bonds. The molecular formula is C20H19N3O2S. The van der Waals surface area contributed by atoms with Crippen molar-refractivity contribution in [3.05, 3.63) is 63.6 Å². The normalized spacial score (nSPS) is 15.8. The molecule has 3 heterocycles. The number of carbonyl (C=O) groups is 1. The van der Waals surface area contributed by atoms with Gasteiger partial charge in [0.25, 0.3) is 0 Å². The van der Waals surface area contributed by atoms with Crippen molar-refractivity contribution in [2.24, 2.45) is 5.73 Å². The Labute approximate surface area is 155 Å². The topological polar surface area (TPSA) is 82.0 Å². The molecule has 0 radical (unpaired) electrons. The lowest BCUT2D eigenvalue weighted by molar-refractivity contribution is -0.118. The third-order valence-corrected chi connectivity index (χ3v) is 6.09. The van der Waals surface area contributed by atoms with Crippen molar-refractivity contribution < 1.29 is 9.32 Å². The van der Waals surface area contributed by atoms with E-state index in [4.69, 9.17) is 10.3 Å². The smallest absolute Gasteiger partial charge is 0.218 e. The van der Waals surface area contributed by atoms with Crippen molar-refractivity contribution in [2.45, 2.75) is 33.1 Å².